The Balaban J connectivity index is 1.32. The van der Waals surface area contributed by atoms with E-state index >= 15 is 0 Å². The molecule has 0 unspecified atom stereocenters. The zero-order chi connectivity index (χ0) is 20.7. The number of hydrogen-bond acceptors (Lipinski definition) is 6. The number of hydrogen-bond donors (Lipinski definition) is 1. The Morgan fingerprint density at radius 1 is 1.07 bits per heavy atom. The third-order valence-corrected chi connectivity index (χ3v) is 5.85. The third kappa shape index (κ3) is 3.07. The molecular formula is C22H16N4O3S. The molecule has 0 aliphatic carbocycles. The first-order valence-corrected chi connectivity index (χ1v) is 10.1. The monoisotopic (exact) mass is 416 g/mol. The molecule has 5 rings (SSSR count). The molecule has 0 bridgehead atoms. The van der Waals surface area contributed by atoms with Crippen molar-refractivity contribution in [1.29, 1.82) is 0 Å². The molecule has 0 radical (unpaired) electrons. The summed E-state index contributed by atoms with van der Waals surface area (Å²) in [6.07, 6.45) is 0. The van der Waals surface area contributed by atoms with Crippen molar-refractivity contribution in [1.82, 2.24) is 10.2 Å². The number of carbonyl (C=O) groups is 2. The molecular weight excluding hydrogens is 400 g/mol. The molecule has 1 aromatic heterocycles. The summed E-state index contributed by atoms with van der Waals surface area (Å²) in [5, 5.41) is 13.9. The average molecular weight is 416 g/mol. The molecule has 2 heterocycles. The summed E-state index contributed by atoms with van der Waals surface area (Å²) < 4.78 is 5.16. The molecule has 3 aromatic carbocycles. The van der Waals surface area contributed by atoms with E-state index in [1.54, 1.807) is 13.2 Å². The van der Waals surface area contributed by atoms with Gasteiger partial charge < -0.3 is 4.74 Å². The zero-order valence-corrected chi connectivity index (χ0v) is 16.8. The van der Waals surface area contributed by atoms with Gasteiger partial charge >= 0.3 is 0 Å². The normalized spacial score (nSPS) is 12.4. The summed E-state index contributed by atoms with van der Waals surface area (Å²) in [4.78, 5) is 26.9. The van der Waals surface area contributed by atoms with E-state index in [0.29, 0.717) is 15.7 Å². The maximum atomic E-state index is 12.8. The van der Waals surface area contributed by atoms with E-state index in [0.717, 1.165) is 27.8 Å². The van der Waals surface area contributed by atoms with Crippen molar-refractivity contribution < 1.29 is 14.3 Å². The van der Waals surface area contributed by atoms with Crippen LogP contribution in [0.1, 0.15) is 10.4 Å². The Morgan fingerprint density at radius 3 is 2.60 bits per heavy atom. The fourth-order valence-electron chi connectivity index (χ4n) is 3.56. The molecule has 0 fully saturated rings. The van der Waals surface area contributed by atoms with Crippen molar-refractivity contribution in [3.8, 4) is 16.3 Å². The number of benzene rings is 3. The molecule has 2 amide bonds. The SMILES string of the molecule is COc1ccc(-c2nnc(NC(=O)CN3C(=O)c4cccc5cccc3c45)s2)cc1. The third-order valence-electron chi connectivity index (χ3n) is 4.96. The number of rotatable bonds is 5. The van der Waals surface area contributed by atoms with Gasteiger partial charge in [0.05, 0.1) is 12.8 Å². The number of amides is 2. The molecule has 0 spiro atoms. The first kappa shape index (κ1) is 18.3. The highest BCUT2D eigenvalue weighted by atomic mass is 32.1. The number of ether oxygens (including phenoxy) is 1. The highest BCUT2D eigenvalue weighted by Crippen LogP contribution is 2.37. The first-order chi connectivity index (χ1) is 14.6. The maximum absolute atomic E-state index is 12.8. The van der Waals surface area contributed by atoms with Gasteiger partial charge in [0.1, 0.15) is 17.3 Å². The molecule has 148 valence electrons. The summed E-state index contributed by atoms with van der Waals surface area (Å²) in [6.45, 7) is -0.0932. The first-order valence-electron chi connectivity index (χ1n) is 9.25. The van der Waals surface area contributed by atoms with Gasteiger partial charge in [-0.3, -0.25) is 19.8 Å². The van der Waals surface area contributed by atoms with Gasteiger partial charge in [-0.1, -0.05) is 35.6 Å². The second kappa shape index (κ2) is 7.23. The van der Waals surface area contributed by atoms with Crippen LogP contribution in [-0.4, -0.2) is 35.7 Å². The van der Waals surface area contributed by atoms with Gasteiger partial charge in [0, 0.05) is 16.5 Å². The predicted molar refractivity (Wildman–Crippen MR) is 116 cm³/mol. The minimum absolute atomic E-state index is 0.0932. The van der Waals surface area contributed by atoms with E-state index < -0.39 is 0 Å². The minimum atomic E-state index is -0.328. The van der Waals surface area contributed by atoms with E-state index in [-0.39, 0.29) is 18.4 Å². The van der Waals surface area contributed by atoms with E-state index in [1.165, 1.54) is 16.2 Å². The van der Waals surface area contributed by atoms with Crippen LogP contribution in [-0.2, 0) is 4.79 Å². The highest BCUT2D eigenvalue weighted by molar-refractivity contribution is 7.18. The molecule has 30 heavy (non-hydrogen) atoms. The smallest absolute Gasteiger partial charge is 0.259 e. The van der Waals surface area contributed by atoms with E-state index in [2.05, 4.69) is 15.5 Å². The lowest BCUT2D eigenvalue weighted by Crippen LogP contribution is -2.35. The van der Waals surface area contributed by atoms with Crippen molar-refractivity contribution in [2.75, 3.05) is 23.9 Å². The standard InChI is InChI=1S/C22H16N4O3S/c1-29-15-10-8-14(9-11-15)20-24-25-22(30-20)23-18(27)12-26-17-7-3-5-13-4-2-6-16(19(13)17)21(26)28/h2-11H,12H2,1H3,(H,23,25,27). The molecule has 1 aliphatic heterocycles. The van der Waals surface area contributed by atoms with Gasteiger partial charge in [0.25, 0.3) is 5.91 Å². The molecule has 7 nitrogen and oxygen atoms in total. The van der Waals surface area contributed by atoms with Crippen LogP contribution in [0.3, 0.4) is 0 Å². The van der Waals surface area contributed by atoms with Crippen molar-refractivity contribution in [3.63, 3.8) is 0 Å². The second-order valence-corrected chi connectivity index (χ2v) is 7.74. The van der Waals surface area contributed by atoms with E-state index in [9.17, 15) is 9.59 Å². The molecule has 1 N–H and O–H groups in total. The van der Waals surface area contributed by atoms with Crippen molar-refractivity contribution >= 4 is 44.7 Å². The van der Waals surface area contributed by atoms with Gasteiger partial charge in [-0.05, 0) is 41.8 Å². The molecule has 1 aliphatic rings. The second-order valence-electron chi connectivity index (χ2n) is 6.76. The largest absolute Gasteiger partial charge is 0.497 e. The van der Waals surface area contributed by atoms with E-state index in [1.807, 2.05) is 54.6 Å². The summed E-state index contributed by atoms with van der Waals surface area (Å²) in [6, 6.07) is 18.7. The average Bonchev–Trinajstić information content (AvgIpc) is 3.34. The number of nitrogens with zero attached hydrogens (tertiary/aromatic N) is 3. The lowest BCUT2D eigenvalue weighted by atomic mass is 10.1. The fraction of sp³-hybridized carbons (Fsp3) is 0.0909. The van der Waals surface area contributed by atoms with Crippen LogP contribution in [0.5, 0.6) is 5.75 Å². The minimum Gasteiger partial charge on any atom is -0.497 e. The van der Waals surface area contributed by atoms with Gasteiger partial charge in [0.2, 0.25) is 11.0 Å². The summed E-state index contributed by atoms with van der Waals surface area (Å²) in [7, 11) is 1.61. The van der Waals surface area contributed by atoms with Crippen LogP contribution in [0.2, 0.25) is 0 Å². The summed E-state index contributed by atoms with van der Waals surface area (Å²) in [5.74, 6) is 0.252. The number of aromatic nitrogens is 2. The summed E-state index contributed by atoms with van der Waals surface area (Å²) in [5.41, 5.74) is 2.25. The predicted octanol–water partition coefficient (Wildman–Crippen LogP) is 3.97. The number of methoxy groups -OCH3 is 1. The van der Waals surface area contributed by atoms with Gasteiger partial charge in [-0.2, -0.15) is 0 Å². The Labute approximate surface area is 175 Å². The Morgan fingerprint density at radius 2 is 1.83 bits per heavy atom. The van der Waals surface area contributed by atoms with Crippen molar-refractivity contribution in [2.24, 2.45) is 0 Å². The van der Waals surface area contributed by atoms with Gasteiger partial charge in [0.15, 0.2) is 0 Å². The number of anilines is 2. The highest BCUT2D eigenvalue weighted by Gasteiger charge is 2.31. The maximum Gasteiger partial charge on any atom is 0.259 e. The number of carbonyl (C=O) groups excluding carboxylic acids is 2. The molecule has 4 aromatic rings. The molecule has 0 atom stereocenters. The van der Waals surface area contributed by atoms with Crippen LogP contribution < -0.4 is 15.0 Å². The molecule has 0 saturated heterocycles. The van der Waals surface area contributed by atoms with E-state index in [4.69, 9.17) is 4.74 Å². The van der Waals surface area contributed by atoms with Crippen molar-refractivity contribution in [3.05, 3.63) is 66.2 Å². The lowest BCUT2D eigenvalue weighted by molar-refractivity contribution is -0.114. The molecule has 8 heteroatoms. The van der Waals surface area contributed by atoms with Crippen LogP contribution in [0, 0.1) is 0 Å². The zero-order valence-electron chi connectivity index (χ0n) is 16.0. The van der Waals surface area contributed by atoms with Crippen LogP contribution >= 0.6 is 11.3 Å². The Hall–Kier alpha value is -3.78. The van der Waals surface area contributed by atoms with Gasteiger partial charge in [-0.15, -0.1) is 10.2 Å². The molecule has 0 saturated carbocycles. The van der Waals surface area contributed by atoms with Crippen LogP contribution in [0.15, 0.2) is 60.7 Å². The van der Waals surface area contributed by atoms with Crippen LogP contribution in [0.4, 0.5) is 10.8 Å². The fourth-order valence-corrected chi connectivity index (χ4v) is 4.33. The van der Waals surface area contributed by atoms with Gasteiger partial charge in [-0.25, -0.2) is 0 Å². The quantitative estimate of drug-likeness (QED) is 0.532. The van der Waals surface area contributed by atoms with Crippen molar-refractivity contribution in [2.45, 2.75) is 0 Å². The lowest BCUT2D eigenvalue weighted by Gasteiger charge is -2.16. The Kier molecular flexibility index (Phi) is 4.40. The topological polar surface area (TPSA) is 84.4 Å². The Bertz CT molecular complexity index is 1280. The summed E-state index contributed by atoms with van der Waals surface area (Å²) >= 11 is 1.27. The van der Waals surface area contributed by atoms with Crippen LogP contribution in [0.25, 0.3) is 21.3 Å². The number of nitrogens with one attached hydrogen (secondary N) is 1.